The summed E-state index contributed by atoms with van der Waals surface area (Å²) in [5.74, 6) is 2.02. The number of tetrazole rings is 1. The van der Waals surface area contributed by atoms with Crippen molar-refractivity contribution in [3.63, 3.8) is 0 Å². The Morgan fingerprint density at radius 1 is 1.10 bits per heavy atom. The average molecular weight is 278 g/mol. The molecule has 9 nitrogen and oxygen atoms in total. The summed E-state index contributed by atoms with van der Waals surface area (Å²) in [5.41, 5.74) is 3.33. The van der Waals surface area contributed by atoms with E-state index in [0.29, 0.717) is 22.8 Å². The van der Waals surface area contributed by atoms with Crippen LogP contribution in [-0.2, 0) is 0 Å². The van der Waals surface area contributed by atoms with E-state index in [4.69, 9.17) is 14.2 Å². The van der Waals surface area contributed by atoms with E-state index in [1.165, 1.54) is 0 Å². The number of ether oxygens (including phenoxy) is 3. The molecule has 0 bridgehead atoms. The first-order chi connectivity index (χ1) is 9.78. The van der Waals surface area contributed by atoms with Crippen LogP contribution in [0.15, 0.2) is 17.2 Å². The van der Waals surface area contributed by atoms with Crippen molar-refractivity contribution < 1.29 is 14.2 Å². The van der Waals surface area contributed by atoms with Crippen molar-refractivity contribution in [1.82, 2.24) is 20.6 Å². The van der Waals surface area contributed by atoms with Crippen LogP contribution < -0.4 is 19.6 Å². The zero-order valence-corrected chi connectivity index (χ0v) is 11.2. The lowest BCUT2D eigenvalue weighted by atomic mass is 10.2. The molecule has 1 heterocycles. The molecule has 0 saturated carbocycles. The summed E-state index contributed by atoms with van der Waals surface area (Å²) in [6.07, 6.45) is 1.55. The van der Waals surface area contributed by atoms with Crippen molar-refractivity contribution in [2.75, 3.05) is 26.8 Å². The lowest BCUT2D eigenvalue weighted by molar-refractivity contribution is 0.349. The zero-order valence-electron chi connectivity index (χ0n) is 11.2. The number of rotatable bonds is 6. The van der Waals surface area contributed by atoms with Gasteiger partial charge < -0.3 is 14.2 Å². The van der Waals surface area contributed by atoms with E-state index >= 15 is 0 Å². The second-order valence-electron chi connectivity index (χ2n) is 3.55. The summed E-state index contributed by atoms with van der Waals surface area (Å²) in [4.78, 5) is 0. The van der Waals surface area contributed by atoms with Gasteiger partial charge >= 0.3 is 0 Å². The predicted octanol–water partition coefficient (Wildman–Crippen LogP) is 0.671. The Labute approximate surface area is 114 Å². The first kappa shape index (κ1) is 13.6. The largest absolute Gasteiger partial charge is 0.496 e. The number of aromatic amines is 1. The van der Waals surface area contributed by atoms with Crippen LogP contribution >= 0.6 is 0 Å². The van der Waals surface area contributed by atoms with Crippen LogP contribution in [0.4, 0.5) is 5.95 Å². The van der Waals surface area contributed by atoms with Gasteiger partial charge in [0.05, 0.1) is 27.5 Å². The van der Waals surface area contributed by atoms with Crippen LogP contribution in [0.25, 0.3) is 0 Å². The number of hydrogen-bond donors (Lipinski definition) is 2. The van der Waals surface area contributed by atoms with Crippen molar-refractivity contribution in [2.24, 2.45) is 5.10 Å². The van der Waals surface area contributed by atoms with Crippen LogP contribution in [0, 0.1) is 0 Å². The van der Waals surface area contributed by atoms with Gasteiger partial charge in [0.15, 0.2) is 11.5 Å². The Morgan fingerprint density at radius 2 is 1.80 bits per heavy atom. The van der Waals surface area contributed by atoms with E-state index in [1.807, 2.05) is 0 Å². The van der Waals surface area contributed by atoms with Gasteiger partial charge in [-0.05, 0) is 11.3 Å². The topological polar surface area (TPSA) is 107 Å². The predicted molar refractivity (Wildman–Crippen MR) is 71.5 cm³/mol. The van der Waals surface area contributed by atoms with Crippen LogP contribution in [0.2, 0.25) is 0 Å². The normalized spacial score (nSPS) is 10.6. The van der Waals surface area contributed by atoms with Crippen molar-refractivity contribution in [3.05, 3.63) is 17.7 Å². The van der Waals surface area contributed by atoms with Gasteiger partial charge in [-0.15, -0.1) is 5.10 Å². The van der Waals surface area contributed by atoms with Gasteiger partial charge in [-0.1, -0.05) is 5.10 Å². The Kier molecular flexibility index (Phi) is 4.32. The van der Waals surface area contributed by atoms with Gasteiger partial charge in [0.25, 0.3) is 5.95 Å². The SMILES string of the molecule is COc1cc(OC)c(OC)cc1/C=N\Nc1nn[nH]n1. The molecule has 2 N–H and O–H groups in total. The molecule has 0 saturated heterocycles. The number of hydrogen-bond acceptors (Lipinski definition) is 8. The second-order valence-corrected chi connectivity index (χ2v) is 3.55. The second kappa shape index (κ2) is 6.36. The number of aromatic nitrogens is 4. The number of hydrazone groups is 1. The Hall–Kier alpha value is -2.84. The van der Waals surface area contributed by atoms with E-state index in [0.717, 1.165) is 0 Å². The first-order valence-corrected chi connectivity index (χ1v) is 5.61. The standard InChI is InChI=1S/C11H14N6O3/c1-18-8-5-10(20-3)9(19-2)4-7(8)6-12-13-11-14-16-17-15-11/h4-6H,1-3H3,(H2,13,14,15,16,17)/b12-6-. The molecular formula is C11H14N6O3. The van der Waals surface area contributed by atoms with E-state index in [2.05, 4.69) is 31.2 Å². The highest BCUT2D eigenvalue weighted by Gasteiger charge is 2.10. The van der Waals surface area contributed by atoms with Crippen LogP contribution in [0.5, 0.6) is 17.2 Å². The minimum Gasteiger partial charge on any atom is -0.496 e. The molecule has 2 rings (SSSR count). The van der Waals surface area contributed by atoms with Crippen molar-refractivity contribution in [3.8, 4) is 17.2 Å². The number of methoxy groups -OCH3 is 3. The monoisotopic (exact) mass is 278 g/mol. The Balaban J connectivity index is 2.23. The highest BCUT2D eigenvalue weighted by atomic mass is 16.5. The molecule has 0 spiro atoms. The van der Waals surface area contributed by atoms with Gasteiger partial charge in [-0.3, -0.25) is 0 Å². The molecule has 0 aliphatic rings. The van der Waals surface area contributed by atoms with Gasteiger partial charge in [0.2, 0.25) is 0 Å². The molecule has 0 unspecified atom stereocenters. The number of anilines is 1. The minimum atomic E-state index is 0.265. The van der Waals surface area contributed by atoms with E-state index in [1.54, 1.807) is 39.7 Å². The number of benzene rings is 1. The highest BCUT2D eigenvalue weighted by molar-refractivity contribution is 5.85. The smallest absolute Gasteiger partial charge is 0.283 e. The average Bonchev–Trinajstić information content (AvgIpc) is 2.99. The molecule has 0 amide bonds. The highest BCUT2D eigenvalue weighted by Crippen LogP contribution is 2.33. The fourth-order valence-corrected chi connectivity index (χ4v) is 1.52. The van der Waals surface area contributed by atoms with E-state index in [9.17, 15) is 0 Å². The fourth-order valence-electron chi connectivity index (χ4n) is 1.52. The third-order valence-electron chi connectivity index (χ3n) is 2.45. The number of nitrogens with zero attached hydrogens (tertiary/aromatic N) is 4. The molecule has 1 aromatic carbocycles. The maximum atomic E-state index is 5.27. The van der Waals surface area contributed by atoms with Gasteiger partial charge in [0.1, 0.15) is 5.75 Å². The summed E-state index contributed by atoms with van der Waals surface area (Å²) < 4.78 is 15.7. The minimum absolute atomic E-state index is 0.265. The van der Waals surface area contributed by atoms with Gasteiger partial charge in [0, 0.05) is 11.6 Å². The molecule has 9 heteroatoms. The lowest BCUT2D eigenvalue weighted by Gasteiger charge is -2.11. The third-order valence-corrected chi connectivity index (χ3v) is 2.45. The quantitative estimate of drug-likeness (QED) is 0.590. The molecule has 0 radical (unpaired) electrons. The third kappa shape index (κ3) is 2.94. The zero-order chi connectivity index (χ0) is 14.4. The Bertz CT molecular complexity index is 584. The van der Waals surface area contributed by atoms with Crippen LogP contribution in [0.1, 0.15) is 5.56 Å². The maximum Gasteiger partial charge on any atom is 0.283 e. The molecule has 106 valence electrons. The Morgan fingerprint density at radius 3 is 2.40 bits per heavy atom. The van der Waals surface area contributed by atoms with Crippen molar-refractivity contribution in [1.29, 1.82) is 0 Å². The maximum absolute atomic E-state index is 5.27. The fraction of sp³-hybridized carbons (Fsp3) is 0.273. The van der Waals surface area contributed by atoms with Crippen LogP contribution in [-0.4, -0.2) is 48.2 Å². The molecule has 0 fully saturated rings. The lowest BCUT2D eigenvalue weighted by Crippen LogP contribution is -1.98. The number of nitrogens with one attached hydrogen (secondary N) is 2. The molecular weight excluding hydrogens is 264 g/mol. The van der Waals surface area contributed by atoms with Crippen molar-refractivity contribution in [2.45, 2.75) is 0 Å². The summed E-state index contributed by atoms with van der Waals surface area (Å²) in [5, 5.41) is 17.1. The van der Waals surface area contributed by atoms with Crippen LogP contribution in [0.3, 0.4) is 0 Å². The molecule has 1 aromatic heterocycles. The number of H-pyrrole nitrogens is 1. The summed E-state index contributed by atoms with van der Waals surface area (Å²) in [7, 11) is 4.68. The molecule has 20 heavy (non-hydrogen) atoms. The van der Waals surface area contributed by atoms with E-state index < -0.39 is 0 Å². The van der Waals surface area contributed by atoms with E-state index in [-0.39, 0.29) is 5.95 Å². The van der Waals surface area contributed by atoms with Gasteiger partial charge in [-0.25, -0.2) is 5.43 Å². The molecule has 2 aromatic rings. The molecule has 0 aliphatic heterocycles. The summed E-state index contributed by atoms with van der Waals surface area (Å²) >= 11 is 0. The summed E-state index contributed by atoms with van der Waals surface area (Å²) in [6.45, 7) is 0. The summed E-state index contributed by atoms with van der Waals surface area (Å²) in [6, 6.07) is 3.47. The molecule has 0 atom stereocenters. The van der Waals surface area contributed by atoms with Gasteiger partial charge in [-0.2, -0.15) is 10.3 Å². The first-order valence-electron chi connectivity index (χ1n) is 5.61. The molecule has 0 aliphatic carbocycles. The van der Waals surface area contributed by atoms with Crippen molar-refractivity contribution >= 4 is 12.2 Å².